The van der Waals surface area contributed by atoms with E-state index in [-0.39, 0.29) is 23.3 Å². The van der Waals surface area contributed by atoms with E-state index in [0.29, 0.717) is 43.1 Å². The summed E-state index contributed by atoms with van der Waals surface area (Å²) in [7, 11) is 0. The van der Waals surface area contributed by atoms with E-state index >= 15 is 0 Å². The van der Waals surface area contributed by atoms with E-state index in [4.69, 9.17) is 9.84 Å². The quantitative estimate of drug-likeness (QED) is 0.658. The van der Waals surface area contributed by atoms with Crippen LogP contribution in [0.1, 0.15) is 41.4 Å². The topological polar surface area (TPSA) is 70.1 Å². The van der Waals surface area contributed by atoms with Crippen LogP contribution in [0.3, 0.4) is 0 Å². The number of rotatable bonds is 7. The number of carboxylic acid groups (broad SMARTS) is 1. The zero-order valence-corrected chi connectivity index (χ0v) is 18.6. The van der Waals surface area contributed by atoms with Gasteiger partial charge in [0.2, 0.25) is 5.91 Å². The second kappa shape index (κ2) is 10.4. The Morgan fingerprint density at radius 1 is 1.22 bits per heavy atom. The molecule has 0 aliphatic carbocycles. The van der Waals surface area contributed by atoms with Gasteiger partial charge < -0.3 is 14.7 Å². The number of carboxylic acids is 1. The van der Waals surface area contributed by atoms with Crippen molar-refractivity contribution in [3.05, 3.63) is 77.1 Å². The number of piperazine rings is 1. The molecular formula is C25H29FN2O4. The van der Waals surface area contributed by atoms with E-state index in [2.05, 4.69) is 4.90 Å². The lowest BCUT2D eigenvalue weighted by molar-refractivity contribution is -0.130. The second-order valence-corrected chi connectivity index (χ2v) is 8.08. The summed E-state index contributed by atoms with van der Waals surface area (Å²) >= 11 is 0. The number of aromatic carboxylic acids is 1. The molecule has 2 aromatic carbocycles. The predicted octanol–water partition coefficient (Wildman–Crippen LogP) is 4.06. The Hall–Kier alpha value is -3.19. The third-order valence-corrected chi connectivity index (χ3v) is 5.68. The van der Waals surface area contributed by atoms with Crippen LogP contribution in [0.4, 0.5) is 4.39 Å². The molecule has 7 heteroatoms. The van der Waals surface area contributed by atoms with Crippen LogP contribution in [0.5, 0.6) is 5.75 Å². The van der Waals surface area contributed by atoms with Crippen LogP contribution in [-0.2, 0) is 4.79 Å². The molecule has 0 bridgehead atoms. The Balaban J connectivity index is 1.78. The van der Waals surface area contributed by atoms with Crippen molar-refractivity contribution in [3.8, 4) is 5.75 Å². The van der Waals surface area contributed by atoms with Gasteiger partial charge in [0.1, 0.15) is 17.7 Å². The lowest BCUT2D eigenvalue weighted by atomic mass is 10.0. The third kappa shape index (κ3) is 5.73. The van der Waals surface area contributed by atoms with E-state index in [1.54, 1.807) is 37.3 Å². The molecule has 0 aromatic heterocycles. The zero-order chi connectivity index (χ0) is 23.3. The molecule has 0 saturated carbocycles. The summed E-state index contributed by atoms with van der Waals surface area (Å²) in [6, 6.07) is 11.3. The first-order chi connectivity index (χ1) is 15.3. The first-order valence-electron chi connectivity index (χ1n) is 10.7. The van der Waals surface area contributed by atoms with Crippen molar-refractivity contribution >= 4 is 11.9 Å². The number of benzene rings is 2. The Morgan fingerprint density at radius 3 is 2.53 bits per heavy atom. The molecule has 6 nitrogen and oxygen atoms in total. The zero-order valence-electron chi connectivity index (χ0n) is 18.6. The second-order valence-electron chi connectivity index (χ2n) is 8.08. The van der Waals surface area contributed by atoms with Gasteiger partial charge in [-0.2, -0.15) is 0 Å². The van der Waals surface area contributed by atoms with E-state index < -0.39 is 12.1 Å². The molecule has 1 N–H and O–H groups in total. The standard InChI is InChI=1S/C25H29FN2O4/c1-4-5-24(29)28-13-12-27(15-18(28)3)16-23(20-7-6-17(2)22(26)14-20)32-21-10-8-19(9-11-21)25(30)31/h4-11,14,18,23H,12-13,15-16H2,1-3H3,(H,30,31)/b5-4+/t18-,23-/m1/s1. The summed E-state index contributed by atoms with van der Waals surface area (Å²) in [5.74, 6) is -0.789. The largest absolute Gasteiger partial charge is 0.484 e. The Morgan fingerprint density at radius 2 is 1.94 bits per heavy atom. The fourth-order valence-electron chi connectivity index (χ4n) is 3.86. The molecule has 1 heterocycles. The molecular weight excluding hydrogens is 411 g/mol. The molecule has 3 rings (SSSR count). The number of carbonyl (C=O) groups is 2. The normalized spacial score (nSPS) is 18.0. The maximum absolute atomic E-state index is 14.3. The maximum Gasteiger partial charge on any atom is 0.335 e. The van der Waals surface area contributed by atoms with Gasteiger partial charge in [-0.15, -0.1) is 0 Å². The smallest absolute Gasteiger partial charge is 0.335 e. The minimum Gasteiger partial charge on any atom is -0.484 e. The minimum absolute atomic E-state index is 0.00609. The van der Waals surface area contributed by atoms with Gasteiger partial charge in [-0.05, 0) is 68.3 Å². The van der Waals surface area contributed by atoms with Gasteiger partial charge in [-0.3, -0.25) is 9.69 Å². The number of aryl methyl sites for hydroxylation is 1. The summed E-state index contributed by atoms with van der Waals surface area (Å²) in [5, 5.41) is 9.11. The fourth-order valence-corrected chi connectivity index (χ4v) is 3.86. The summed E-state index contributed by atoms with van der Waals surface area (Å²) in [6.45, 7) is 8.02. The fraction of sp³-hybridized carbons (Fsp3) is 0.360. The highest BCUT2D eigenvalue weighted by Gasteiger charge is 2.28. The summed E-state index contributed by atoms with van der Waals surface area (Å²) in [5.41, 5.74) is 1.43. The lowest BCUT2D eigenvalue weighted by Crippen LogP contribution is -2.54. The Kier molecular flexibility index (Phi) is 7.64. The van der Waals surface area contributed by atoms with Crippen LogP contribution in [0, 0.1) is 12.7 Å². The number of amides is 1. The first-order valence-corrected chi connectivity index (χ1v) is 10.7. The van der Waals surface area contributed by atoms with E-state index in [9.17, 15) is 14.0 Å². The number of hydrogen-bond acceptors (Lipinski definition) is 4. The summed E-state index contributed by atoms with van der Waals surface area (Å²) < 4.78 is 20.5. The number of carbonyl (C=O) groups excluding carboxylic acids is 1. The molecule has 1 aliphatic heterocycles. The van der Waals surface area contributed by atoms with Gasteiger partial charge in [0.15, 0.2) is 0 Å². The SMILES string of the molecule is C/C=C/C(=O)N1CCN(C[C@@H](Oc2ccc(C(=O)O)cc2)c2ccc(C)c(F)c2)C[C@H]1C. The number of ether oxygens (including phenoxy) is 1. The van der Waals surface area contributed by atoms with Gasteiger partial charge in [0.25, 0.3) is 0 Å². The molecule has 1 saturated heterocycles. The van der Waals surface area contributed by atoms with Crippen molar-refractivity contribution in [1.82, 2.24) is 9.80 Å². The molecule has 1 aliphatic rings. The highest BCUT2D eigenvalue weighted by atomic mass is 19.1. The van der Waals surface area contributed by atoms with Crippen LogP contribution in [0.25, 0.3) is 0 Å². The third-order valence-electron chi connectivity index (χ3n) is 5.68. The molecule has 0 spiro atoms. The molecule has 32 heavy (non-hydrogen) atoms. The van der Waals surface area contributed by atoms with Crippen LogP contribution in [0.2, 0.25) is 0 Å². The maximum atomic E-state index is 14.3. The monoisotopic (exact) mass is 440 g/mol. The van der Waals surface area contributed by atoms with Gasteiger partial charge >= 0.3 is 5.97 Å². The summed E-state index contributed by atoms with van der Waals surface area (Å²) in [4.78, 5) is 27.4. The van der Waals surface area contributed by atoms with Crippen molar-refractivity contribution in [2.45, 2.75) is 32.9 Å². The average Bonchev–Trinajstić information content (AvgIpc) is 2.76. The summed E-state index contributed by atoms with van der Waals surface area (Å²) in [6.07, 6.45) is 2.87. The molecule has 170 valence electrons. The van der Waals surface area contributed by atoms with Crippen molar-refractivity contribution in [2.24, 2.45) is 0 Å². The number of nitrogens with zero attached hydrogens (tertiary/aromatic N) is 2. The Bertz CT molecular complexity index is 990. The number of halogens is 1. The number of hydrogen-bond donors (Lipinski definition) is 1. The van der Waals surface area contributed by atoms with E-state index in [0.717, 1.165) is 0 Å². The molecule has 2 atom stereocenters. The average molecular weight is 441 g/mol. The molecule has 0 unspecified atom stereocenters. The van der Waals surface area contributed by atoms with Crippen LogP contribution in [-0.4, -0.2) is 59.0 Å². The van der Waals surface area contributed by atoms with Crippen molar-refractivity contribution < 1.29 is 23.8 Å². The van der Waals surface area contributed by atoms with Crippen molar-refractivity contribution in [2.75, 3.05) is 26.2 Å². The predicted molar refractivity (Wildman–Crippen MR) is 120 cm³/mol. The van der Waals surface area contributed by atoms with E-state index in [1.165, 1.54) is 18.2 Å². The highest BCUT2D eigenvalue weighted by Crippen LogP contribution is 2.26. The molecule has 1 amide bonds. The molecule has 2 aromatic rings. The van der Waals surface area contributed by atoms with Crippen LogP contribution in [0.15, 0.2) is 54.6 Å². The van der Waals surface area contributed by atoms with Crippen molar-refractivity contribution in [3.63, 3.8) is 0 Å². The Labute approximate surface area is 187 Å². The van der Waals surface area contributed by atoms with Gasteiger partial charge in [0.05, 0.1) is 5.56 Å². The first kappa shape index (κ1) is 23.5. The van der Waals surface area contributed by atoms with Crippen LogP contribution >= 0.6 is 0 Å². The van der Waals surface area contributed by atoms with Crippen molar-refractivity contribution in [1.29, 1.82) is 0 Å². The lowest BCUT2D eigenvalue weighted by Gasteiger charge is -2.40. The van der Waals surface area contributed by atoms with Gasteiger partial charge in [0, 0.05) is 32.2 Å². The van der Waals surface area contributed by atoms with E-state index in [1.807, 2.05) is 24.8 Å². The van der Waals surface area contributed by atoms with Gasteiger partial charge in [-0.1, -0.05) is 18.2 Å². The minimum atomic E-state index is -1.01. The molecule has 1 fully saturated rings. The molecule has 0 radical (unpaired) electrons. The number of allylic oxidation sites excluding steroid dienone is 1. The van der Waals surface area contributed by atoms with Crippen LogP contribution < -0.4 is 4.74 Å². The highest BCUT2D eigenvalue weighted by molar-refractivity contribution is 5.88. The van der Waals surface area contributed by atoms with Gasteiger partial charge in [-0.25, -0.2) is 9.18 Å².